The summed E-state index contributed by atoms with van der Waals surface area (Å²) in [5, 5.41) is 13.4. The fraction of sp³-hybridized carbons (Fsp3) is 0.368. The maximum Gasteiger partial charge on any atom is 0.271 e. The predicted octanol–water partition coefficient (Wildman–Crippen LogP) is 1.50. The number of methoxy groups -OCH3 is 1. The number of hydrogen-bond donors (Lipinski definition) is 4. The molecular formula is C19H23N7O3. The molecule has 29 heavy (non-hydrogen) atoms. The number of aromatic amines is 1. The van der Waals surface area contributed by atoms with Gasteiger partial charge < -0.3 is 25.7 Å². The quantitative estimate of drug-likeness (QED) is 0.497. The molecule has 0 spiro atoms. The van der Waals surface area contributed by atoms with Crippen molar-refractivity contribution in [2.45, 2.75) is 31.4 Å². The number of fused-ring (bicyclic) bond motifs is 1. The molecule has 3 heterocycles. The van der Waals surface area contributed by atoms with Crippen molar-refractivity contribution in [2.75, 3.05) is 24.8 Å². The smallest absolute Gasteiger partial charge is 0.271 e. The van der Waals surface area contributed by atoms with E-state index in [1.165, 1.54) is 6.20 Å². The van der Waals surface area contributed by atoms with E-state index in [2.05, 4.69) is 31.0 Å². The van der Waals surface area contributed by atoms with Crippen LogP contribution in [0, 0.1) is 0 Å². The Labute approximate surface area is 166 Å². The van der Waals surface area contributed by atoms with E-state index in [1.807, 2.05) is 0 Å². The van der Waals surface area contributed by atoms with Crippen molar-refractivity contribution in [1.29, 1.82) is 0 Å². The minimum absolute atomic E-state index is 0.0651. The number of nitrogens with one attached hydrogen (secondary N) is 4. The molecule has 1 unspecified atom stereocenters. The Kier molecular flexibility index (Phi) is 5.17. The SMILES string of the molecule is CNc1cc(Nc2ccc[nH]c2=O)nc2c(C(=O)NC3CC[C@H](OC)C3)cnn12. The van der Waals surface area contributed by atoms with E-state index in [1.54, 1.807) is 43.1 Å². The van der Waals surface area contributed by atoms with Crippen LogP contribution in [0.15, 0.2) is 35.4 Å². The number of ether oxygens (including phenoxy) is 1. The lowest BCUT2D eigenvalue weighted by molar-refractivity contribution is 0.0916. The topological polar surface area (TPSA) is 125 Å². The maximum absolute atomic E-state index is 12.9. The van der Waals surface area contributed by atoms with Gasteiger partial charge in [-0.25, -0.2) is 4.98 Å². The van der Waals surface area contributed by atoms with Crippen molar-refractivity contribution >= 4 is 28.9 Å². The molecule has 0 aromatic carbocycles. The van der Waals surface area contributed by atoms with E-state index in [0.29, 0.717) is 28.5 Å². The fourth-order valence-corrected chi connectivity index (χ4v) is 3.57. The lowest BCUT2D eigenvalue weighted by Gasteiger charge is -2.13. The van der Waals surface area contributed by atoms with Gasteiger partial charge in [-0.1, -0.05) is 0 Å². The van der Waals surface area contributed by atoms with Crippen LogP contribution in [0.2, 0.25) is 0 Å². The van der Waals surface area contributed by atoms with Crippen molar-refractivity contribution in [2.24, 2.45) is 0 Å². The highest BCUT2D eigenvalue weighted by molar-refractivity contribution is 6.00. The van der Waals surface area contributed by atoms with Crippen LogP contribution in [0.5, 0.6) is 0 Å². The summed E-state index contributed by atoms with van der Waals surface area (Å²) in [4.78, 5) is 31.9. The third kappa shape index (κ3) is 3.79. The first kappa shape index (κ1) is 18.9. The summed E-state index contributed by atoms with van der Waals surface area (Å²) >= 11 is 0. The summed E-state index contributed by atoms with van der Waals surface area (Å²) in [5.74, 6) is 0.823. The number of hydrogen-bond acceptors (Lipinski definition) is 7. The van der Waals surface area contributed by atoms with Crippen LogP contribution in [-0.4, -0.2) is 51.8 Å². The lowest BCUT2D eigenvalue weighted by atomic mass is 10.2. The number of aromatic nitrogens is 4. The highest BCUT2D eigenvalue weighted by Gasteiger charge is 2.27. The number of anilines is 3. The summed E-state index contributed by atoms with van der Waals surface area (Å²) in [6.45, 7) is 0. The normalized spacial score (nSPS) is 18.7. The second-order valence-electron chi connectivity index (χ2n) is 6.95. The zero-order chi connectivity index (χ0) is 20.4. The summed E-state index contributed by atoms with van der Waals surface area (Å²) in [6, 6.07) is 5.15. The molecular weight excluding hydrogens is 374 g/mol. The van der Waals surface area contributed by atoms with Crippen LogP contribution in [0.1, 0.15) is 29.6 Å². The summed E-state index contributed by atoms with van der Waals surface area (Å²) in [7, 11) is 3.44. The summed E-state index contributed by atoms with van der Waals surface area (Å²) in [5.41, 5.74) is 0.854. The molecule has 0 aliphatic heterocycles. The average molecular weight is 397 g/mol. The van der Waals surface area contributed by atoms with Crippen molar-refractivity contribution in [3.63, 3.8) is 0 Å². The molecule has 10 nitrogen and oxygen atoms in total. The van der Waals surface area contributed by atoms with Gasteiger partial charge in [0.15, 0.2) is 5.65 Å². The molecule has 0 bridgehead atoms. The van der Waals surface area contributed by atoms with Crippen molar-refractivity contribution < 1.29 is 9.53 Å². The van der Waals surface area contributed by atoms with Gasteiger partial charge in [-0.05, 0) is 31.4 Å². The first-order valence-electron chi connectivity index (χ1n) is 9.44. The highest BCUT2D eigenvalue weighted by atomic mass is 16.5. The van der Waals surface area contributed by atoms with Crippen LogP contribution in [0.25, 0.3) is 5.65 Å². The molecule has 1 fully saturated rings. The maximum atomic E-state index is 12.9. The largest absolute Gasteiger partial charge is 0.381 e. The van der Waals surface area contributed by atoms with Gasteiger partial charge in [-0.15, -0.1) is 0 Å². The molecule has 1 aliphatic carbocycles. The molecule has 2 atom stereocenters. The Morgan fingerprint density at radius 3 is 2.97 bits per heavy atom. The fourth-order valence-electron chi connectivity index (χ4n) is 3.57. The summed E-state index contributed by atoms with van der Waals surface area (Å²) in [6.07, 6.45) is 5.83. The molecule has 1 amide bonds. The van der Waals surface area contributed by atoms with E-state index in [0.717, 1.165) is 19.3 Å². The van der Waals surface area contributed by atoms with E-state index < -0.39 is 0 Å². The van der Waals surface area contributed by atoms with Crippen molar-refractivity contribution in [3.8, 4) is 0 Å². The molecule has 1 aliphatic rings. The van der Waals surface area contributed by atoms with Crippen LogP contribution in [0.4, 0.5) is 17.3 Å². The van der Waals surface area contributed by atoms with Gasteiger partial charge in [-0.3, -0.25) is 9.59 Å². The van der Waals surface area contributed by atoms with Gasteiger partial charge in [0, 0.05) is 32.5 Å². The number of H-pyrrole nitrogens is 1. The van der Waals surface area contributed by atoms with Crippen molar-refractivity contribution in [3.05, 3.63) is 46.5 Å². The molecule has 4 N–H and O–H groups in total. The standard InChI is InChI=1S/C19H23N7O3/c1-20-16-9-15(24-14-4-3-7-21-19(14)28)25-17-13(10-22-26(16)17)18(27)23-11-5-6-12(8-11)29-2/h3-4,7,9-12,20H,5-6,8H2,1-2H3,(H,21,28)(H,23,27)(H,24,25)/t11?,12-/m0/s1. The summed E-state index contributed by atoms with van der Waals surface area (Å²) < 4.78 is 6.93. The predicted molar refractivity (Wildman–Crippen MR) is 109 cm³/mol. The first-order chi connectivity index (χ1) is 14.1. The van der Waals surface area contributed by atoms with E-state index >= 15 is 0 Å². The molecule has 152 valence electrons. The first-order valence-corrected chi connectivity index (χ1v) is 9.44. The molecule has 4 rings (SSSR count). The molecule has 1 saturated carbocycles. The van der Waals surface area contributed by atoms with Gasteiger partial charge in [0.25, 0.3) is 11.5 Å². The molecule has 3 aromatic rings. The van der Waals surface area contributed by atoms with Crippen LogP contribution in [0.3, 0.4) is 0 Å². The number of rotatable bonds is 6. The van der Waals surface area contributed by atoms with Gasteiger partial charge in [0.05, 0.1) is 12.3 Å². The Morgan fingerprint density at radius 1 is 1.38 bits per heavy atom. The Hall–Kier alpha value is -3.40. The number of amides is 1. The number of pyridine rings is 1. The second kappa shape index (κ2) is 7.92. The number of carbonyl (C=O) groups is 1. The van der Waals surface area contributed by atoms with E-state index in [-0.39, 0.29) is 23.6 Å². The number of carbonyl (C=O) groups excluding carboxylic acids is 1. The third-order valence-corrected chi connectivity index (χ3v) is 5.11. The molecule has 3 aromatic heterocycles. The zero-order valence-corrected chi connectivity index (χ0v) is 16.2. The Balaban J connectivity index is 1.64. The van der Waals surface area contributed by atoms with Crippen LogP contribution in [-0.2, 0) is 4.74 Å². The average Bonchev–Trinajstić information content (AvgIpc) is 3.35. The Bertz CT molecular complexity index is 1090. The molecule has 10 heteroatoms. The number of nitrogens with zero attached hydrogens (tertiary/aromatic N) is 3. The highest BCUT2D eigenvalue weighted by Crippen LogP contribution is 2.23. The van der Waals surface area contributed by atoms with Crippen molar-refractivity contribution in [1.82, 2.24) is 24.9 Å². The van der Waals surface area contributed by atoms with Gasteiger partial charge >= 0.3 is 0 Å². The zero-order valence-electron chi connectivity index (χ0n) is 16.2. The van der Waals surface area contributed by atoms with Crippen LogP contribution >= 0.6 is 0 Å². The van der Waals surface area contributed by atoms with Gasteiger partial charge in [0.2, 0.25) is 0 Å². The molecule has 0 radical (unpaired) electrons. The van der Waals surface area contributed by atoms with Gasteiger partial charge in [0.1, 0.15) is 22.9 Å². The molecule has 0 saturated heterocycles. The van der Waals surface area contributed by atoms with Crippen LogP contribution < -0.4 is 21.5 Å². The third-order valence-electron chi connectivity index (χ3n) is 5.11. The van der Waals surface area contributed by atoms with E-state index in [9.17, 15) is 9.59 Å². The minimum Gasteiger partial charge on any atom is -0.381 e. The second-order valence-corrected chi connectivity index (χ2v) is 6.95. The lowest BCUT2D eigenvalue weighted by Crippen LogP contribution is -2.33. The van der Waals surface area contributed by atoms with E-state index in [4.69, 9.17) is 4.74 Å². The monoisotopic (exact) mass is 397 g/mol. The minimum atomic E-state index is -0.263. The van der Waals surface area contributed by atoms with Gasteiger partial charge in [-0.2, -0.15) is 9.61 Å². The Morgan fingerprint density at radius 2 is 2.24 bits per heavy atom.